The molecule has 0 spiro atoms. The van der Waals surface area contributed by atoms with Crippen LogP contribution in [0.25, 0.3) is 17.0 Å². The highest BCUT2D eigenvalue weighted by Gasteiger charge is 2.35. The number of halogens is 1. The summed E-state index contributed by atoms with van der Waals surface area (Å²) < 4.78 is 10.8. The van der Waals surface area contributed by atoms with Gasteiger partial charge in [-0.15, -0.1) is 0 Å². The minimum absolute atomic E-state index is 0.211. The van der Waals surface area contributed by atoms with Crippen molar-refractivity contribution in [2.24, 2.45) is 0 Å². The molecule has 3 aromatic rings. The van der Waals surface area contributed by atoms with Crippen LogP contribution in [0.2, 0.25) is 5.02 Å². The fraction of sp³-hybridized carbons (Fsp3) is 0.261. The van der Waals surface area contributed by atoms with Gasteiger partial charge in [0.1, 0.15) is 0 Å². The van der Waals surface area contributed by atoms with Crippen molar-refractivity contribution in [3.8, 4) is 11.4 Å². The minimum Gasteiger partial charge on any atom is -0.383 e. The van der Waals surface area contributed by atoms with Crippen LogP contribution >= 0.6 is 11.6 Å². The van der Waals surface area contributed by atoms with Crippen LogP contribution in [0.3, 0.4) is 0 Å². The quantitative estimate of drug-likeness (QED) is 0.595. The van der Waals surface area contributed by atoms with E-state index in [1.54, 1.807) is 24.1 Å². The summed E-state index contributed by atoms with van der Waals surface area (Å²) in [5, 5.41) is 7.86. The number of allylic oxidation sites excluding steroid dienone is 1. The van der Waals surface area contributed by atoms with E-state index < -0.39 is 6.04 Å². The van der Waals surface area contributed by atoms with E-state index in [0.29, 0.717) is 29.9 Å². The van der Waals surface area contributed by atoms with E-state index in [-0.39, 0.29) is 6.03 Å². The molecule has 31 heavy (non-hydrogen) atoms. The third-order valence-electron chi connectivity index (χ3n) is 5.25. The molecule has 0 saturated heterocycles. The van der Waals surface area contributed by atoms with Gasteiger partial charge >= 0.3 is 6.03 Å². The SMILES string of the molecule is COCCN1C(=O)NC(c2ccc(Cl)cc2)C(c2nc(-c3cccc(C)c3)no2)=C1C. The van der Waals surface area contributed by atoms with Crippen LogP contribution in [0, 0.1) is 6.92 Å². The van der Waals surface area contributed by atoms with Gasteiger partial charge in [-0.2, -0.15) is 4.98 Å². The Kier molecular flexibility index (Phi) is 6.06. The summed E-state index contributed by atoms with van der Waals surface area (Å²) in [6.45, 7) is 4.70. The first-order valence-corrected chi connectivity index (χ1v) is 10.3. The highest BCUT2D eigenvalue weighted by molar-refractivity contribution is 6.30. The second-order valence-corrected chi connectivity index (χ2v) is 7.81. The Morgan fingerprint density at radius 3 is 2.68 bits per heavy atom. The predicted octanol–water partition coefficient (Wildman–Crippen LogP) is 4.84. The molecule has 1 atom stereocenters. The van der Waals surface area contributed by atoms with Gasteiger partial charge in [-0.3, -0.25) is 4.90 Å². The monoisotopic (exact) mass is 438 g/mol. The van der Waals surface area contributed by atoms with Crippen LogP contribution in [-0.4, -0.2) is 41.3 Å². The Morgan fingerprint density at radius 2 is 1.97 bits per heavy atom. The summed E-state index contributed by atoms with van der Waals surface area (Å²) >= 11 is 6.06. The van der Waals surface area contributed by atoms with Gasteiger partial charge in [0.15, 0.2) is 0 Å². The van der Waals surface area contributed by atoms with Gasteiger partial charge in [-0.05, 0) is 37.6 Å². The number of amides is 2. The number of hydrogen-bond acceptors (Lipinski definition) is 5. The number of carbonyl (C=O) groups is 1. The molecule has 4 rings (SSSR count). The molecule has 1 aromatic heterocycles. The summed E-state index contributed by atoms with van der Waals surface area (Å²) in [6, 6.07) is 14.6. The van der Waals surface area contributed by atoms with Crippen LogP contribution in [-0.2, 0) is 4.74 Å². The maximum absolute atomic E-state index is 12.8. The number of nitrogens with one attached hydrogen (secondary N) is 1. The molecular weight excluding hydrogens is 416 g/mol. The lowest BCUT2D eigenvalue weighted by molar-refractivity contribution is 0.158. The molecule has 8 heteroatoms. The summed E-state index contributed by atoms with van der Waals surface area (Å²) in [7, 11) is 1.60. The Balaban J connectivity index is 1.80. The molecule has 1 unspecified atom stereocenters. The number of methoxy groups -OCH3 is 1. The molecule has 7 nitrogen and oxygen atoms in total. The normalized spacial score (nSPS) is 16.6. The summed E-state index contributed by atoms with van der Waals surface area (Å²) in [6.07, 6.45) is 0. The molecular formula is C23H23ClN4O3. The van der Waals surface area contributed by atoms with Gasteiger partial charge in [0.05, 0.1) is 24.8 Å². The molecule has 0 saturated carbocycles. The number of carbonyl (C=O) groups excluding carboxylic acids is 1. The van der Waals surface area contributed by atoms with E-state index in [1.165, 1.54) is 0 Å². The molecule has 0 bridgehead atoms. The van der Waals surface area contributed by atoms with E-state index in [0.717, 1.165) is 28.0 Å². The van der Waals surface area contributed by atoms with Crippen LogP contribution in [0.4, 0.5) is 4.79 Å². The fourth-order valence-electron chi connectivity index (χ4n) is 3.65. The van der Waals surface area contributed by atoms with Crippen LogP contribution in [0.5, 0.6) is 0 Å². The van der Waals surface area contributed by atoms with Gasteiger partial charge < -0.3 is 14.6 Å². The first kappa shape index (κ1) is 21.1. The molecule has 2 heterocycles. The molecule has 2 amide bonds. The van der Waals surface area contributed by atoms with E-state index in [2.05, 4.69) is 15.5 Å². The summed E-state index contributed by atoms with van der Waals surface area (Å²) in [4.78, 5) is 19.1. The largest absolute Gasteiger partial charge is 0.383 e. The van der Waals surface area contributed by atoms with Crippen molar-refractivity contribution in [2.45, 2.75) is 19.9 Å². The third kappa shape index (κ3) is 4.33. The smallest absolute Gasteiger partial charge is 0.322 e. The van der Waals surface area contributed by atoms with Gasteiger partial charge in [0, 0.05) is 23.4 Å². The number of nitrogens with zero attached hydrogens (tertiary/aromatic N) is 3. The van der Waals surface area contributed by atoms with E-state index >= 15 is 0 Å². The topological polar surface area (TPSA) is 80.5 Å². The van der Waals surface area contributed by atoms with Crippen LogP contribution in [0.1, 0.15) is 30.0 Å². The minimum atomic E-state index is -0.450. The summed E-state index contributed by atoms with van der Waals surface area (Å²) in [5.74, 6) is 0.852. The molecule has 1 N–H and O–H groups in total. The Labute approximate surface area is 185 Å². The first-order chi connectivity index (χ1) is 15.0. The number of aromatic nitrogens is 2. The van der Waals surface area contributed by atoms with Crippen molar-refractivity contribution in [2.75, 3.05) is 20.3 Å². The van der Waals surface area contributed by atoms with Gasteiger partial charge in [-0.25, -0.2) is 4.79 Å². The highest BCUT2D eigenvalue weighted by atomic mass is 35.5. The van der Waals surface area contributed by atoms with Crippen LogP contribution in [0.15, 0.2) is 58.8 Å². The maximum Gasteiger partial charge on any atom is 0.322 e. The Morgan fingerprint density at radius 1 is 1.19 bits per heavy atom. The standard InChI is InChI=1S/C23H23ClN4O3/c1-14-5-4-6-17(13-14)21-26-22(31-27-21)19-15(2)28(11-12-30-3)23(29)25-20(19)16-7-9-18(24)10-8-16/h4-10,13,20H,11-12H2,1-3H3,(H,25,29). The average Bonchev–Trinajstić information content (AvgIpc) is 3.23. The highest BCUT2D eigenvalue weighted by Crippen LogP contribution is 2.37. The number of urea groups is 1. The lowest BCUT2D eigenvalue weighted by Crippen LogP contribution is -2.47. The first-order valence-electron chi connectivity index (χ1n) is 9.92. The zero-order valence-electron chi connectivity index (χ0n) is 17.6. The number of aryl methyl sites for hydroxylation is 1. The molecule has 0 fully saturated rings. The zero-order chi connectivity index (χ0) is 22.0. The van der Waals surface area contributed by atoms with E-state index in [1.807, 2.05) is 50.2 Å². The molecule has 2 aromatic carbocycles. The number of hydrogen-bond donors (Lipinski definition) is 1. The van der Waals surface area contributed by atoms with Crippen molar-refractivity contribution in [3.63, 3.8) is 0 Å². The maximum atomic E-state index is 12.8. The van der Waals surface area contributed by atoms with Gasteiger partial charge in [0.2, 0.25) is 5.82 Å². The van der Waals surface area contributed by atoms with Crippen molar-refractivity contribution < 1.29 is 14.1 Å². The van der Waals surface area contributed by atoms with Crippen molar-refractivity contribution in [1.29, 1.82) is 0 Å². The number of benzene rings is 2. The van der Waals surface area contributed by atoms with Crippen molar-refractivity contribution >= 4 is 23.2 Å². The Hall–Kier alpha value is -3.16. The number of ether oxygens (including phenoxy) is 1. The average molecular weight is 439 g/mol. The molecule has 160 valence electrons. The van der Waals surface area contributed by atoms with E-state index in [9.17, 15) is 4.79 Å². The fourth-order valence-corrected chi connectivity index (χ4v) is 3.78. The van der Waals surface area contributed by atoms with Gasteiger partial charge in [0.25, 0.3) is 5.89 Å². The van der Waals surface area contributed by atoms with Gasteiger partial charge in [-0.1, -0.05) is 52.7 Å². The summed E-state index contributed by atoms with van der Waals surface area (Å²) in [5.41, 5.74) is 4.32. The Bertz CT molecular complexity index is 1120. The van der Waals surface area contributed by atoms with Crippen molar-refractivity contribution in [1.82, 2.24) is 20.4 Å². The second-order valence-electron chi connectivity index (χ2n) is 7.37. The molecule has 1 aliphatic rings. The lowest BCUT2D eigenvalue weighted by Gasteiger charge is -2.35. The molecule has 0 aliphatic carbocycles. The zero-order valence-corrected chi connectivity index (χ0v) is 18.3. The predicted molar refractivity (Wildman–Crippen MR) is 118 cm³/mol. The number of rotatable bonds is 6. The van der Waals surface area contributed by atoms with Crippen LogP contribution < -0.4 is 5.32 Å². The van der Waals surface area contributed by atoms with Crippen molar-refractivity contribution in [3.05, 3.63) is 76.3 Å². The van der Waals surface area contributed by atoms with E-state index in [4.69, 9.17) is 20.9 Å². The second kappa shape index (κ2) is 8.91. The third-order valence-corrected chi connectivity index (χ3v) is 5.50. The molecule has 0 radical (unpaired) electrons. The lowest BCUT2D eigenvalue weighted by atomic mass is 9.94. The molecule has 1 aliphatic heterocycles.